The highest BCUT2D eigenvalue weighted by Gasteiger charge is 2.17. The van der Waals surface area contributed by atoms with Gasteiger partial charge >= 0.3 is 6.09 Å². The SMILES string of the molecule is CC(C)OC(=O)N[C@@H]1CCNC1. The molecule has 2 N–H and O–H groups in total. The van der Waals surface area contributed by atoms with Crippen molar-refractivity contribution in [1.29, 1.82) is 0 Å². The van der Waals surface area contributed by atoms with Gasteiger partial charge in [0.25, 0.3) is 0 Å². The topological polar surface area (TPSA) is 50.4 Å². The number of nitrogens with one attached hydrogen (secondary N) is 2. The maximum absolute atomic E-state index is 11.0. The number of carbonyl (C=O) groups excluding carboxylic acids is 1. The number of hydrogen-bond donors (Lipinski definition) is 2. The van der Waals surface area contributed by atoms with Crippen molar-refractivity contribution in [2.75, 3.05) is 13.1 Å². The van der Waals surface area contributed by atoms with Crippen molar-refractivity contribution in [3.63, 3.8) is 0 Å². The van der Waals surface area contributed by atoms with Crippen LogP contribution in [0.2, 0.25) is 0 Å². The van der Waals surface area contributed by atoms with Gasteiger partial charge in [-0.3, -0.25) is 0 Å². The van der Waals surface area contributed by atoms with Crippen molar-refractivity contribution in [3.05, 3.63) is 0 Å². The molecule has 4 nitrogen and oxygen atoms in total. The average molecular weight is 172 g/mol. The Morgan fingerprint density at radius 1 is 1.67 bits per heavy atom. The van der Waals surface area contributed by atoms with Gasteiger partial charge in [-0.2, -0.15) is 0 Å². The van der Waals surface area contributed by atoms with E-state index in [0.717, 1.165) is 19.5 Å². The van der Waals surface area contributed by atoms with Crippen molar-refractivity contribution in [2.45, 2.75) is 32.4 Å². The summed E-state index contributed by atoms with van der Waals surface area (Å²) in [5.41, 5.74) is 0. The van der Waals surface area contributed by atoms with Crippen LogP contribution in [0.3, 0.4) is 0 Å². The minimum atomic E-state index is -0.307. The van der Waals surface area contributed by atoms with Crippen LogP contribution in [0.15, 0.2) is 0 Å². The lowest BCUT2D eigenvalue weighted by Crippen LogP contribution is -2.37. The first-order valence-electron chi connectivity index (χ1n) is 4.36. The molecule has 1 aliphatic rings. The largest absolute Gasteiger partial charge is 0.447 e. The van der Waals surface area contributed by atoms with Crippen LogP contribution in [0, 0.1) is 0 Å². The summed E-state index contributed by atoms with van der Waals surface area (Å²) >= 11 is 0. The molecule has 70 valence electrons. The van der Waals surface area contributed by atoms with Crippen LogP contribution in [0.4, 0.5) is 4.79 Å². The van der Waals surface area contributed by atoms with Crippen LogP contribution in [-0.4, -0.2) is 31.3 Å². The summed E-state index contributed by atoms with van der Waals surface area (Å²) in [6.07, 6.45) is 0.644. The predicted octanol–water partition coefficient (Wildman–Crippen LogP) is 0.483. The van der Waals surface area contributed by atoms with Gasteiger partial charge in [-0.1, -0.05) is 0 Å². The fourth-order valence-corrected chi connectivity index (χ4v) is 1.19. The van der Waals surface area contributed by atoms with Gasteiger partial charge < -0.3 is 15.4 Å². The van der Waals surface area contributed by atoms with Crippen molar-refractivity contribution < 1.29 is 9.53 Å². The minimum absolute atomic E-state index is 0.0423. The van der Waals surface area contributed by atoms with E-state index in [0.29, 0.717) is 0 Å². The van der Waals surface area contributed by atoms with E-state index >= 15 is 0 Å². The lowest BCUT2D eigenvalue weighted by atomic mass is 10.3. The summed E-state index contributed by atoms with van der Waals surface area (Å²) in [4.78, 5) is 11.0. The average Bonchev–Trinajstić information content (AvgIpc) is 2.37. The quantitative estimate of drug-likeness (QED) is 0.637. The maximum Gasteiger partial charge on any atom is 0.407 e. The van der Waals surface area contributed by atoms with E-state index in [-0.39, 0.29) is 18.2 Å². The van der Waals surface area contributed by atoms with Crippen molar-refractivity contribution in [3.8, 4) is 0 Å². The molecule has 0 aromatic heterocycles. The second-order valence-electron chi connectivity index (χ2n) is 3.29. The van der Waals surface area contributed by atoms with E-state index in [4.69, 9.17) is 4.74 Å². The lowest BCUT2D eigenvalue weighted by Gasteiger charge is -2.13. The van der Waals surface area contributed by atoms with E-state index in [2.05, 4.69) is 10.6 Å². The van der Waals surface area contributed by atoms with Crippen LogP contribution in [-0.2, 0) is 4.74 Å². The zero-order chi connectivity index (χ0) is 8.97. The Hall–Kier alpha value is -0.770. The molecular weight excluding hydrogens is 156 g/mol. The summed E-state index contributed by atoms with van der Waals surface area (Å²) in [7, 11) is 0. The van der Waals surface area contributed by atoms with Crippen molar-refractivity contribution >= 4 is 6.09 Å². The molecular formula is C8H16N2O2. The van der Waals surface area contributed by atoms with E-state index in [1.807, 2.05) is 13.8 Å². The van der Waals surface area contributed by atoms with Crippen molar-refractivity contribution in [2.24, 2.45) is 0 Å². The smallest absolute Gasteiger partial charge is 0.407 e. The van der Waals surface area contributed by atoms with Crippen LogP contribution < -0.4 is 10.6 Å². The van der Waals surface area contributed by atoms with Gasteiger partial charge in [-0.25, -0.2) is 4.79 Å². The fraction of sp³-hybridized carbons (Fsp3) is 0.875. The summed E-state index contributed by atoms with van der Waals surface area (Å²) in [5, 5.41) is 5.95. The van der Waals surface area contributed by atoms with Gasteiger partial charge in [0.1, 0.15) is 0 Å². The summed E-state index contributed by atoms with van der Waals surface area (Å²) in [5.74, 6) is 0. The predicted molar refractivity (Wildman–Crippen MR) is 46.0 cm³/mol. The molecule has 1 fully saturated rings. The second kappa shape index (κ2) is 4.30. The zero-order valence-corrected chi connectivity index (χ0v) is 7.59. The molecule has 0 aliphatic carbocycles. The van der Waals surface area contributed by atoms with Crippen LogP contribution in [0.1, 0.15) is 20.3 Å². The van der Waals surface area contributed by atoms with E-state index in [9.17, 15) is 4.79 Å². The second-order valence-corrected chi connectivity index (χ2v) is 3.29. The van der Waals surface area contributed by atoms with Crippen LogP contribution in [0.5, 0.6) is 0 Å². The highest BCUT2D eigenvalue weighted by atomic mass is 16.6. The van der Waals surface area contributed by atoms with Gasteiger partial charge in [-0.05, 0) is 26.8 Å². The molecule has 1 aliphatic heterocycles. The summed E-state index contributed by atoms with van der Waals surface area (Å²) in [6, 6.07) is 0.247. The number of rotatable bonds is 2. The van der Waals surface area contributed by atoms with Gasteiger partial charge in [0.15, 0.2) is 0 Å². The van der Waals surface area contributed by atoms with Gasteiger partial charge in [0.05, 0.1) is 6.10 Å². The normalized spacial score (nSPS) is 22.8. The van der Waals surface area contributed by atoms with Crippen LogP contribution >= 0.6 is 0 Å². The number of ether oxygens (including phenoxy) is 1. The Balaban J connectivity index is 2.16. The molecule has 0 bridgehead atoms. The van der Waals surface area contributed by atoms with Gasteiger partial charge in [-0.15, -0.1) is 0 Å². The standard InChI is InChI=1S/C8H16N2O2/c1-6(2)12-8(11)10-7-3-4-9-5-7/h6-7,9H,3-5H2,1-2H3,(H,10,11)/t7-/m1/s1. The Morgan fingerprint density at radius 3 is 2.92 bits per heavy atom. The molecule has 1 heterocycles. The minimum Gasteiger partial charge on any atom is -0.447 e. The third-order valence-corrected chi connectivity index (χ3v) is 1.73. The first kappa shape index (κ1) is 9.32. The van der Waals surface area contributed by atoms with E-state index < -0.39 is 0 Å². The number of hydrogen-bond acceptors (Lipinski definition) is 3. The molecule has 1 amide bonds. The third-order valence-electron chi connectivity index (χ3n) is 1.73. The van der Waals surface area contributed by atoms with E-state index in [1.54, 1.807) is 0 Å². The summed E-state index contributed by atoms with van der Waals surface area (Å²) in [6.45, 7) is 5.51. The molecule has 0 aromatic rings. The highest BCUT2D eigenvalue weighted by Crippen LogP contribution is 1.98. The Kier molecular flexibility index (Phi) is 3.34. The van der Waals surface area contributed by atoms with Gasteiger partial charge in [0.2, 0.25) is 0 Å². The molecule has 0 spiro atoms. The monoisotopic (exact) mass is 172 g/mol. The molecule has 0 aromatic carbocycles. The maximum atomic E-state index is 11.0. The molecule has 1 saturated heterocycles. The third kappa shape index (κ3) is 3.09. The zero-order valence-electron chi connectivity index (χ0n) is 7.59. The van der Waals surface area contributed by atoms with Crippen LogP contribution in [0.25, 0.3) is 0 Å². The molecule has 4 heteroatoms. The molecule has 0 unspecified atom stereocenters. The molecule has 12 heavy (non-hydrogen) atoms. The fourth-order valence-electron chi connectivity index (χ4n) is 1.19. The first-order chi connectivity index (χ1) is 5.68. The van der Waals surface area contributed by atoms with Gasteiger partial charge in [0, 0.05) is 12.6 Å². The Labute approximate surface area is 72.7 Å². The van der Waals surface area contributed by atoms with E-state index in [1.165, 1.54) is 0 Å². The Morgan fingerprint density at radius 2 is 2.42 bits per heavy atom. The molecule has 1 rings (SSSR count). The number of carbonyl (C=O) groups is 1. The molecule has 1 atom stereocenters. The first-order valence-corrected chi connectivity index (χ1v) is 4.36. The molecule has 0 radical (unpaired) electrons. The number of alkyl carbamates (subject to hydrolysis) is 1. The summed E-state index contributed by atoms with van der Waals surface area (Å²) < 4.78 is 4.93. The lowest BCUT2D eigenvalue weighted by molar-refractivity contribution is 0.113. The Bertz CT molecular complexity index is 153. The number of amides is 1. The molecule has 0 saturated carbocycles. The highest BCUT2D eigenvalue weighted by molar-refractivity contribution is 5.67. The van der Waals surface area contributed by atoms with Crippen molar-refractivity contribution in [1.82, 2.24) is 10.6 Å².